The third-order valence-electron chi connectivity index (χ3n) is 6.25. The van der Waals surface area contributed by atoms with Crippen LogP contribution in [0.25, 0.3) is 0 Å². The second-order valence-corrected chi connectivity index (χ2v) is 6.88. The molecule has 1 aromatic carbocycles. The van der Waals surface area contributed by atoms with E-state index in [2.05, 4.69) is 45.0 Å². The third-order valence-corrected chi connectivity index (χ3v) is 6.25. The first-order valence-electron chi connectivity index (χ1n) is 7.14. The van der Waals surface area contributed by atoms with Crippen LogP contribution in [0.4, 0.5) is 0 Å². The Bertz CT molecular complexity index is 466. The van der Waals surface area contributed by atoms with E-state index in [0.29, 0.717) is 16.7 Å². The smallest absolute Gasteiger partial charge is 0.122 e. The predicted octanol–water partition coefficient (Wildman–Crippen LogP) is 4.63. The van der Waals surface area contributed by atoms with Gasteiger partial charge in [0.1, 0.15) is 5.75 Å². The topological polar surface area (TPSA) is 9.23 Å². The summed E-state index contributed by atoms with van der Waals surface area (Å²) in [5, 5.41) is 0. The lowest BCUT2D eigenvalue weighted by Crippen LogP contribution is -2.23. The highest BCUT2D eigenvalue weighted by atomic mass is 16.5. The normalized spacial score (nSPS) is 42.2. The minimum Gasteiger partial charge on any atom is -0.496 e. The summed E-state index contributed by atoms with van der Waals surface area (Å²) < 4.78 is 5.58. The number of ether oxygens (including phenoxy) is 1. The van der Waals surface area contributed by atoms with Crippen molar-refractivity contribution < 1.29 is 4.74 Å². The highest BCUT2D eigenvalue weighted by Crippen LogP contribution is 2.70. The zero-order valence-corrected chi connectivity index (χ0v) is 12.0. The first-order chi connectivity index (χ1) is 8.51. The molecule has 0 radical (unpaired) electrons. The molecule has 1 nitrogen and oxygen atoms in total. The number of benzene rings is 1. The number of fused-ring (bicyclic) bond motifs is 2. The Hall–Kier alpha value is -0.980. The van der Waals surface area contributed by atoms with Gasteiger partial charge in [0.25, 0.3) is 0 Å². The van der Waals surface area contributed by atoms with Crippen molar-refractivity contribution in [2.75, 3.05) is 7.11 Å². The number of rotatable bonds is 2. The van der Waals surface area contributed by atoms with Crippen molar-refractivity contribution in [1.82, 2.24) is 0 Å². The van der Waals surface area contributed by atoms with Crippen molar-refractivity contribution in [1.29, 1.82) is 0 Å². The molecule has 0 spiro atoms. The maximum absolute atomic E-state index is 5.58. The average molecular weight is 244 g/mol. The first kappa shape index (κ1) is 12.1. The molecule has 1 heteroatoms. The molecule has 18 heavy (non-hydrogen) atoms. The van der Waals surface area contributed by atoms with Crippen molar-refractivity contribution in [2.24, 2.45) is 16.7 Å². The van der Waals surface area contributed by atoms with Crippen molar-refractivity contribution in [3.63, 3.8) is 0 Å². The fourth-order valence-corrected chi connectivity index (χ4v) is 4.66. The summed E-state index contributed by atoms with van der Waals surface area (Å²) in [6.45, 7) is 7.44. The Morgan fingerprint density at radius 3 is 2.44 bits per heavy atom. The number of hydrogen-bond donors (Lipinski definition) is 0. The van der Waals surface area contributed by atoms with Crippen LogP contribution in [0.15, 0.2) is 24.3 Å². The van der Waals surface area contributed by atoms with E-state index in [1.54, 1.807) is 7.11 Å². The lowest BCUT2D eigenvalue weighted by atomic mass is 9.70. The van der Waals surface area contributed by atoms with E-state index in [1.165, 1.54) is 24.8 Å². The second-order valence-electron chi connectivity index (χ2n) is 6.88. The van der Waals surface area contributed by atoms with Gasteiger partial charge in [-0.05, 0) is 53.6 Å². The number of hydrogen-bond acceptors (Lipinski definition) is 1. The summed E-state index contributed by atoms with van der Waals surface area (Å²) in [4.78, 5) is 0. The Labute approximate surface area is 111 Å². The average Bonchev–Trinajstić information content (AvgIpc) is 2.73. The molecule has 3 rings (SSSR count). The maximum Gasteiger partial charge on any atom is 0.122 e. The van der Waals surface area contributed by atoms with Crippen LogP contribution in [0.1, 0.15) is 51.5 Å². The van der Waals surface area contributed by atoms with Gasteiger partial charge in [-0.3, -0.25) is 0 Å². The van der Waals surface area contributed by atoms with Gasteiger partial charge >= 0.3 is 0 Å². The molecule has 4 atom stereocenters. The van der Waals surface area contributed by atoms with E-state index < -0.39 is 0 Å². The SMILES string of the molecule is COc1ccccc1[C@@H]1C[C@@]2(C)CC[C@]1(C)C2C. The van der Waals surface area contributed by atoms with Crippen molar-refractivity contribution in [3.8, 4) is 5.75 Å². The van der Waals surface area contributed by atoms with E-state index in [4.69, 9.17) is 4.74 Å². The Balaban J connectivity index is 2.04. The van der Waals surface area contributed by atoms with Gasteiger partial charge in [-0.2, -0.15) is 0 Å². The van der Waals surface area contributed by atoms with Crippen LogP contribution < -0.4 is 4.74 Å². The zero-order chi connectivity index (χ0) is 13.0. The number of methoxy groups -OCH3 is 1. The Morgan fingerprint density at radius 2 is 1.89 bits per heavy atom. The molecule has 0 N–H and O–H groups in total. The summed E-state index contributed by atoms with van der Waals surface area (Å²) in [5.41, 5.74) is 2.43. The van der Waals surface area contributed by atoms with Crippen molar-refractivity contribution in [2.45, 2.75) is 46.0 Å². The van der Waals surface area contributed by atoms with Crippen LogP contribution in [0, 0.1) is 16.7 Å². The van der Waals surface area contributed by atoms with Crippen LogP contribution >= 0.6 is 0 Å². The van der Waals surface area contributed by atoms with E-state index in [-0.39, 0.29) is 0 Å². The zero-order valence-electron chi connectivity index (χ0n) is 12.0. The van der Waals surface area contributed by atoms with Gasteiger partial charge in [0.2, 0.25) is 0 Å². The molecule has 2 aliphatic carbocycles. The predicted molar refractivity (Wildman–Crippen MR) is 75.0 cm³/mol. The van der Waals surface area contributed by atoms with Crippen molar-refractivity contribution >= 4 is 0 Å². The second kappa shape index (κ2) is 3.76. The molecule has 1 aromatic rings. The number of para-hydroxylation sites is 1. The van der Waals surface area contributed by atoms with Gasteiger partial charge in [0, 0.05) is 0 Å². The summed E-state index contributed by atoms with van der Waals surface area (Å²) in [6.07, 6.45) is 4.09. The van der Waals surface area contributed by atoms with Crippen LogP contribution in [0.5, 0.6) is 5.75 Å². The Morgan fingerprint density at radius 1 is 1.17 bits per heavy atom. The molecule has 0 heterocycles. The van der Waals surface area contributed by atoms with Gasteiger partial charge in [0.15, 0.2) is 0 Å². The molecule has 0 saturated heterocycles. The molecule has 0 amide bonds. The molecular formula is C17H24O. The molecular weight excluding hydrogens is 220 g/mol. The quantitative estimate of drug-likeness (QED) is 0.737. The maximum atomic E-state index is 5.58. The highest BCUT2D eigenvalue weighted by molar-refractivity contribution is 5.39. The lowest BCUT2D eigenvalue weighted by Gasteiger charge is -2.34. The summed E-state index contributed by atoms with van der Waals surface area (Å²) in [7, 11) is 1.79. The molecule has 0 aromatic heterocycles. The van der Waals surface area contributed by atoms with Gasteiger partial charge in [-0.25, -0.2) is 0 Å². The largest absolute Gasteiger partial charge is 0.496 e. The summed E-state index contributed by atoms with van der Waals surface area (Å²) in [5.74, 6) is 2.56. The van der Waals surface area contributed by atoms with E-state index in [0.717, 1.165) is 11.7 Å². The highest BCUT2D eigenvalue weighted by Gasteiger charge is 2.60. The van der Waals surface area contributed by atoms with Crippen LogP contribution in [-0.2, 0) is 0 Å². The van der Waals surface area contributed by atoms with Gasteiger partial charge in [0.05, 0.1) is 7.11 Å². The van der Waals surface area contributed by atoms with E-state index in [9.17, 15) is 0 Å². The minimum atomic E-state index is 0.462. The molecule has 98 valence electrons. The third kappa shape index (κ3) is 1.39. The van der Waals surface area contributed by atoms with Crippen LogP contribution in [0.3, 0.4) is 0 Å². The summed E-state index contributed by atoms with van der Waals surface area (Å²) >= 11 is 0. The van der Waals surface area contributed by atoms with Crippen LogP contribution in [-0.4, -0.2) is 7.11 Å². The van der Waals surface area contributed by atoms with Crippen LogP contribution in [0.2, 0.25) is 0 Å². The van der Waals surface area contributed by atoms with Gasteiger partial charge in [-0.1, -0.05) is 39.0 Å². The molecule has 2 fully saturated rings. The molecule has 2 aliphatic rings. The Kier molecular flexibility index (Phi) is 2.52. The molecule has 0 aliphatic heterocycles. The van der Waals surface area contributed by atoms with Gasteiger partial charge < -0.3 is 4.74 Å². The van der Waals surface area contributed by atoms with E-state index in [1.807, 2.05) is 0 Å². The molecule has 2 saturated carbocycles. The monoisotopic (exact) mass is 244 g/mol. The molecule has 1 unspecified atom stereocenters. The van der Waals surface area contributed by atoms with Crippen molar-refractivity contribution in [3.05, 3.63) is 29.8 Å². The fourth-order valence-electron chi connectivity index (χ4n) is 4.66. The fraction of sp³-hybridized carbons (Fsp3) is 0.647. The minimum absolute atomic E-state index is 0.462. The standard InChI is InChI=1S/C17H24O/c1-12-16(2)9-10-17(12,3)14(11-16)13-7-5-6-8-15(13)18-4/h5-8,12,14H,9-11H2,1-4H3/t12?,14-,16+,17+/m0/s1. The first-order valence-corrected chi connectivity index (χ1v) is 7.14. The van der Waals surface area contributed by atoms with E-state index >= 15 is 0 Å². The van der Waals surface area contributed by atoms with Gasteiger partial charge in [-0.15, -0.1) is 0 Å². The molecule has 2 bridgehead atoms. The lowest BCUT2D eigenvalue weighted by molar-refractivity contribution is 0.223. The summed E-state index contributed by atoms with van der Waals surface area (Å²) in [6, 6.07) is 8.60.